The Labute approximate surface area is 525 Å². The number of anilines is 7. The smallest absolute Gasteiger partial charge is 0.245 e. The van der Waals surface area contributed by atoms with Crippen molar-refractivity contribution in [3.05, 3.63) is 116 Å². The summed E-state index contributed by atoms with van der Waals surface area (Å²) in [5.41, 5.74) is 7.13. The van der Waals surface area contributed by atoms with Crippen LogP contribution in [-0.4, -0.2) is 146 Å². The number of piperidine rings is 3. The van der Waals surface area contributed by atoms with Gasteiger partial charge in [-0.15, -0.1) is 30.6 Å². The summed E-state index contributed by atoms with van der Waals surface area (Å²) in [4.78, 5) is 41.0. The van der Waals surface area contributed by atoms with Gasteiger partial charge in [0.05, 0.1) is 72.3 Å². The Morgan fingerprint density at radius 2 is 1.08 bits per heavy atom. The molecule has 0 amide bonds. The van der Waals surface area contributed by atoms with Gasteiger partial charge in [0.25, 0.3) is 0 Å². The van der Waals surface area contributed by atoms with Crippen molar-refractivity contribution in [3.63, 3.8) is 0 Å². The van der Waals surface area contributed by atoms with Crippen LogP contribution in [0, 0.1) is 37.5 Å². The average Bonchev–Trinajstić information content (AvgIpc) is 0.914. The average molecular weight is 1220 g/mol. The van der Waals surface area contributed by atoms with Gasteiger partial charge in [-0.2, -0.15) is 5.10 Å². The second-order valence-corrected chi connectivity index (χ2v) is 25.5. The number of rotatable bonds is 14. The minimum Gasteiger partial charge on any atom is -0.506 e. The van der Waals surface area contributed by atoms with E-state index in [1.807, 2.05) is 45.2 Å². The van der Waals surface area contributed by atoms with Crippen molar-refractivity contribution in [2.45, 2.75) is 125 Å². The van der Waals surface area contributed by atoms with Crippen LogP contribution in [0.4, 0.5) is 40.5 Å². The third kappa shape index (κ3) is 16.2. The van der Waals surface area contributed by atoms with E-state index in [9.17, 15) is 15.3 Å². The maximum absolute atomic E-state index is 10.5. The van der Waals surface area contributed by atoms with E-state index >= 15 is 0 Å². The fraction of sp³-hybridized carbons (Fsp3) is 0.431. The van der Waals surface area contributed by atoms with E-state index in [0.29, 0.717) is 92.8 Å². The van der Waals surface area contributed by atoms with Crippen LogP contribution >= 0.6 is 0 Å². The van der Waals surface area contributed by atoms with Crippen LogP contribution < -0.4 is 30.7 Å². The lowest BCUT2D eigenvalue weighted by Gasteiger charge is -2.48. The second-order valence-electron chi connectivity index (χ2n) is 25.5. The van der Waals surface area contributed by atoms with E-state index in [1.165, 1.54) is 25.7 Å². The number of hydrogen-bond donors (Lipinski definition) is 7. The number of pyridine rings is 3. The highest BCUT2D eigenvalue weighted by atomic mass is 16.3. The molecule has 0 unspecified atom stereocenters. The third-order valence-electron chi connectivity index (χ3n) is 16.6. The Morgan fingerprint density at radius 1 is 0.544 bits per heavy atom. The molecule has 0 radical (unpaired) electrons. The molecule has 3 fully saturated rings. The Balaban J connectivity index is 0.000000148. The highest BCUT2D eigenvalue weighted by Gasteiger charge is 2.40. The van der Waals surface area contributed by atoms with Crippen molar-refractivity contribution in [3.8, 4) is 62.5 Å². The molecule has 0 aliphatic carbocycles. The second kappa shape index (κ2) is 27.8. The monoisotopic (exact) mass is 1220 g/mol. The van der Waals surface area contributed by atoms with Gasteiger partial charge in [-0.05, 0) is 134 Å². The molecule has 25 heteroatoms. The van der Waals surface area contributed by atoms with Gasteiger partial charge in [0.1, 0.15) is 63.1 Å². The van der Waals surface area contributed by atoms with Gasteiger partial charge in [-0.3, -0.25) is 10.1 Å². The molecule has 0 bridgehead atoms. The lowest BCUT2D eigenvalue weighted by Crippen LogP contribution is -2.62. The standard InChI is InChI=1S/2C22H27N7O.C21H28N8O/c1-14(2)16-5-4-8-29(13-16)21-7-6-19(27-28-21)22-20(30)9-17(10-25-22)26-18-11-23-15(3)24-12-18;1-14(2)16-5-4-8-29(13-16)21-7-6-18(27-28-21)22-19(30)9-17(11-25-22)26-20-12-23-15(3)10-24-20;1-20(2)7-15(8-21(3,4)28-20)29(5)19-23-12-16(26-27-19)18-17(30)6-13(9-22-18)14-10-24-25-11-14/h6-7,9-12,14,16,26,30H,4-5,8,13H2,1-3H3;6-7,9-12,14,16,30H,4-5,8,13H2,1-3H3,(H,24,26);6,9-12,15,28,30H,7-8H2,1-5H3,(H,24,25)/t2*16-;/m00./s1. The maximum Gasteiger partial charge on any atom is 0.245 e. The molecule has 3 aliphatic rings. The van der Waals surface area contributed by atoms with Crippen molar-refractivity contribution < 1.29 is 15.3 Å². The number of nitrogens with zero attached hydrogens (tertiary/aromatic N) is 18. The Bertz CT molecular complexity index is 3600. The third-order valence-corrected chi connectivity index (χ3v) is 16.6. The first kappa shape index (κ1) is 63.4. The number of H-pyrrole nitrogens is 1. The zero-order chi connectivity index (χ0) is 63.7. The summed E-state index contributed by atoms with van der Waals surface area (Å²) < 4.78 is 0. The molecule has 90 heavy (non-hydrogen) atoms. The van der Waals surface area contributed by atoms with Crippen LogP contribution in [0.15, 0.2) is 104 Å². The fourth-order valence-corrected chi connectivity index (χ4v) is 11.9. The van der Waals surface area contributed by atoms with Crippen LogP contribution in [0.25, 0.3) is 45.3 Å². The lowest BCUT2D eigenvalue weighted by molar-refractivity contribution is 0.160. The summed E-state index contributed by atoms with van der Waals surface area (Å²) in [7, 11) is 2.01. The number of hydrogen-bond acceptors (Lipinski definition) is 24. The SMILES string of the molecule is CN(c1ncc(-c2ncc(-c3cn[nH]c3)cc2O)nn1)C1CC(C)(C)NC(C)(C)C1.Cc1cnc(Nc2cnc(-c3ccc(N4CCC[C@H](C(C)C)C4)nn3)c(O)c2)cn1.Cc1ncc(Nc2cnc(-c3ccc(N4CCC[C@H](C(C)C)C4)nn3)c(O)c2)cn1. The molecule has 0 aromatic carbocycles. The Morgan fingerprint density at radius 3 is 1.56 bits per heavy atom. The number of aromatic nitrogens is 16. The summed E-state index contributed by atoms with van der Waals surface area (Å²) in [6.45, 7) is 25.7. The number of aromatic amines is 1. The molecule has 12 rings (SSSR count). The van der Waals surface area contributed by atoms with E-state index in [2.05, 4.69) is 167 Å². The quantitative estimate of drug-likeness (QED) is 0.0532. The summed E-state index contributed by atoms with van der Waals surface area (Å²) >= 11 is 0. The van der Waals surface area contributed by atoms with E-state index in [-0.39, 0.29) is 28.3 Å². The minimum atomic E-state index is 0.0211. The fourth-order valence-electron chi connectivity index (χ4n) is 11.9. The van der Waals surface area contributed by atoms with Gasteiger partial charge in [0, 0.05) is 86.0 Å². The Hall–Kier alpha value is -9.65. The first-order valence-corrected chi connectivity index (χ1v) is 30.7. The van der Waals surface area contributed by atoms with Crippen molar-refractivity contribution in [1.29, 1.82) is 0 Å². The van der Waals surface area contributed by atoms with E-state index in [1.54, 1.807) is 80.2 Å². The van der Waals surface area contributed by atoms with E-state index in [0.717, 1.165) is 73.2 Å². The molecular weight excluding hydrogens is 1140 g/mol. The minimum absolute atomic E-state index is 0.0211. The van der Waals surface area contributed by atoms with Crippen LogP contribution in [0.2, 0.25) is 0 Å². The largest absolute Gasteiger partial charge is 0.506 e. The van der Waals surface area contributed by atoms with Gasteiger partial charge in [-0.1, -0.05) is 27.7 Å². The highest BCUT2D eigenvalue weighted by molar-refractivity contribution is 5.71. The van der Waals surface area contributed by atoms with Gasteiger partial charge < -0.3 is 46.0 Å². The van der Waals surface area contributed by atoms with Gasteiger partial charge >= 0.3 is 0 Å². The van der Waals surface area contributed by atoms with Crippen LogP contribution in [0.5, 0.6) is 17.2 Å². The molecule has 2 atom stereocenters. The molecule has 9 aromatic rings. The van der Waals surface area contributed by atoms with Crippen LogP contribution in [-0.2, 0) is 0 Å². The molecule has 12 heterocycles. The molecule has 470 valence electrons. The first-order valence-electron chi connectivity index (χ1n) is 30.7. The molecule has 3 saturated heterocycles. The normalized spacial score (nSPS) is 17.2. The molecule has 0 saturated carbocycles. The van der Waals surface area contributed by atoms with E-state index in [4.69, 9.17) is 0 Å². The highest BCUT2D eigenvalue weighted by Crippen LogP contribution is 2.36. The number of aryl methyl sites for hydroxylation is 2. The number of aromatic hydroxyl groups is 3. The van der Waals surface area contributed by atoms with Crippen LogP contribution in [0.1, 0.15) is 105 Å². The first-order chi connectivity index (χ1) is 43.1. The zero-order valence-electron chi connectivity index (χ0n) is 53.2. The molecular formula is C65H82N22O3. The van der Waals surface area contributed by atoms with E-state index < -0.39 is 0 Å². The summed E-state index contributed by atoms with van der Waals surface area (Å²) in [6.07, 6.45) is 23.5. The summed E-state index contributed by atoms with van der Waals surface area (Å²) in [5.74, 6) is 6.38. The Kier molecular flexibility index (Phi) is 19.6. The zero-order valence-corrected chi connectivity index (χ0v) is 53.2. The van der Waals surface area contributed by atoms with Crippen molar-refractivity contribution in [1.82, 2.24) is 86.0 Å². The predicted molar refractivity (Wildman–Crippen MR) is 349 cm³/mol. The molecule has 7 N–H and O–H groups in total. The van der Waals surface area contributed by atoms with Crippen molar-refractivity contribution in [2.24, 2.45) is 23.7 Å². The molecule has 9 aromatic heterocycles. The molecule has 25 nitrogen and oxygen atoms in total. The lowest BCUT2D eigenvalue weighted by atomic mass is 9.79. The van der Waals surface area contributed by atoms with Crippen molar-refractivity contribution >= 4 is 40.5 Å². The molecule has 3 aliphatic heterocycles. The van der Waals surface area contributed by atoms with Crippen molar-refractivity contribution in [2.75, 3.05) is 58.6 Å². The van der Waals surface area contributed by atoms with Gasteiger partial charge in [0.2, 0.25) is 5.95 Å². The predicted octanol–water partition coefficient (Wildman–Crippen LogP) is 10.7. The maximum atomic E-state index is 10.5. The summed E-state index contributed by atoms with van der Waals surface area (Å²) in [5, 5.41) is 74.0. The summed E-state index contributed by atoms with van der Waals surface area (Å²) in [6, 6.07) is 12.8. The topological polar surface area (TPSA) is 316 Å². The van der Waals surface area contributed by atoms with Gasteiger partial charge in [-0.25, -0.2) is 34.9 Å². The molecule has 0 spiro atoms. The number of nitrogens with one attached hydrogen (secondary N) is 4. The van der Waals surface area contributed by atoms with Gasteiger partial charge in [0.15, 0.2) is 11.6 Å². The van der Waals surface area contributed by atoms with Crippen LogP contribution in [0.3, 0.4) is 0 Å².